The number of H-pyrrole nitrogens is 1. The molecule has 8 heteroatoms. The van der Waals surface area contributed by atoms with Crippen molar-refractivity contribution in [2.24, 2.45) is 0 Å². The smallest absolute Gasteiger partial charge is 0.317 e. The van der Waals surface area contributed by atoms with Gasteiger partial charge in [0.25, 0.3) is 0 Å². The number of aromatic amines is 1. The third-order valence-electron chi connectivity index (χ3n) is 2.90. The molecule has 0 aromatic carbocycles. The fourth-order valence-electron chi connectivity index (χ4n) is 1.67. The summed E-state index contributed by atoms with van der Waals surface area (Å²) in [7, 11) is 1.77. The van der Waals surface area contributed by atoms with E-state index in [2.05, 4.69) is 20.3 Å². The Labute approximate surface area is 132 Å². The molecule has 2 aromatic rings. The highest BCUT2D eigenvalue weighted by Crippen LogP contribution is 2.11. The first kappa shape index (κ1) is 15.8. The van der Waals surface area contributed by atoms with Gasteiger partial charge in [0, 0.05) is 42.4 Å². The van der Waals surface area contributed by atoms with Gasteiger partial charge in [-0.05, 0) is 6.92 Å². The van der Waals surface area contributed by atoms with Gasteiger partial charge in [-0.25, -0.2) is 14.8 Å². The third-order valence-corrected chi connectivity index (χ3v) is 4.63. The van der Waals surface area contributed by atoms with Crippen LogP contribution >= 0.6 is 23.1 Å². The molecule has 2 heterocycles. The van der Waals surface area contributed by atoms with Gasteiger partial charge in [-0.1, -0.05) is 0 Å². The van der Waals surface area contributed by atoms with Crippen molar-refractivity contribution in [3.05, 3.63) is 34.3 Å². The third kappa shape index (κ3) is 5.05. The van der Waals surface area contributed by atoms with Crippen molar-refractivity contribution in [3.8, 4) is 0 Å². The molecule has 6 nitrogen and oxygen atoms in total. The van der Waals surface area contributed by atoms with Crippen molar-refractivity contribution in [3.63, 3.8) is 0 Å². The van der Waals surface area contributed by atoms with Crippen molar-refractivity contribution in [1.82, 2.24) is 25.2 Å². The van der Waals surface area contributed by atoms with Gasteiger partial charge < -0.3 is 15.2 Å². The number of aryl methyl sites for hydroxylation is 1. The Morgan fingerprint density at radius 2 is 2.38 bits per heavy atom. The molecular formula is C13H19N5OS2. The number of nitrogens with one attached hydrogen (secondary N) is 2. The molecule has 0 fully saturated rings. The summed E-state index contributed by atoms with van der Waals surface area (Å²) < 4.78 is 0. The zero-order chi connectivity index (χ0) is 15.1. The van der Waals surface area contributed by atoms with Crippen LogP contribution in [0.3, 0.4) is 0 Å². The molecule has 2 N–H and O–H groups in total. The molecule has 0 saturated carbocycles. The normalized spacial score (nSPS) is 10.6. The van der Waals surface area contributed by atoms with Crippen molar-refractivity contribution >= 4 is 29.1 Å². The van der Waals surface area contributed by atoms with Gasteiger partial charge in [0.05, 0.1) is 18.6 Å². The fourth-order valence-corrected chi connectivity index (χ4v) is 3.22. The average molecular weight is 325 g/mol. The Bertz CT molecular complexity index is 555. The maximum Gasteiger partial charge on any atom is 0.317 e. The number of urea groups is 1. The van der Waals surface area contributed by atoms with E-state index >= 15 is 0 Å². The number of carbonyl (C=O) groups excluding carboxylic acids is 1. The molecule has 0 aliphatic heterocycles. The van der Waals surface area contributed by atoms with Crippen LogP contribution < -0.4 is 5.32 Å². The maximum absolute atomic E-state index is 11.9. The fraction of sp³-hybridized carbons (Fsp3) is 0.462. The number of imidazole rings is 1. The van der Waals surface area contributed by atoms with Gasteiger partial charge in [-0.2, -0.15) is 11.8 Å². The molecule has 2 amide bonds. The summed E-state index contributed by atoms with van der Waals surface area (Å²) in [5, 5.41) is 5.76. The number of hydrogen-bond acceptors (Lipinski definition) is 5. The van der Waals surface area contributed by atoms with Gasteiger partial charge in [0.1, 0.15) is 5.01 Å². The molecule has 0 saturated heterocycles. The van der Waals surface area contributed by atoms with E-state index in [4.69, 9.17) is 0 Å². The standard InChI is InChI=1S/C13H19N5OS2/c1-10-11(17-9-16-10)8-20-5-3-15-13(19)18(2)7-12-14-4-6-21-12/h4,6,9H,3,5,7-8H2,1-2H3,(H,15,19)(H,16,17). The van der Waals surface area contributed by atoms with Crippen LogP contribution in [0.15, 0.2) is 17.9 Å². The van der Waals surface area contributed by atoms with Gasteiger partial charge in [0.15, 0.2) is 0 Å². The highest BCUT2D eigenvalue weighted by Gasteiger charge is 2.09. The molecule has 0 bridgehead atoms. The minimum absolute atomic E-state index is 0.0678. The van der Waals surface area contributed by atoms with E-state index in [1.807, 2.05) is 12.3 Å². The van der Waals surface area contributed by atoms with Crippen molar-refractivity contribution in [2.75, 3.05) is 19.3 Å². The van der Waals surface area contributed by atoms with Gasteiger partial charge >= 0.3 is 6.03 Å². The number of nitrogens with zero attached hydrogens (tertiary/aromatic N) is 3. The number of aromatic nitrogens is 3. The Hall–Kier alpha value is -1.54. The van der Waals surface area contributed by atoms with E-state index in [-0.39, 0.29) is 6.03 Å². The van der Waals surface area contributed by atoms with E-state index in [0.717, 1.165) is 27.9 Å². The number of amides is 2. The molecule has 0 unspecified atom stereocenters. The Balaban J connectivity index is 1.59. The Kier molecular flexibility index (Phi) is 6.06. The molecule has 0 atom stereocenters. The molecule has 0 aliphatic rings. The van der Waals surface area contributed by atoms with Crippen LogP contribution in [0.1, 0.15) is 16.4 Å². The first-order chi connectivity index (χ1) is 10.2. The van der Waals surface area contributed by atoms with Crippen LogP contribution in [0.4, 0.5) is 4.79 Å². The summed E-state index contributed by atoms with van der Waals surface area (Å²) >= 11 is 3.31. The molecule has 0 aliphatic carbocycles. The summed E-state index contributed by atoms with van der Waals surface area (Å²) in [5.74, 6) is 1.73. The maximum atomic E-state index is 11.9. The minimum atomic E-state index is -0.0678. The van der Waals surface area contributed by atoms with Crippen molar-refractivity contribution in [2.45, 2.75) is 19.2 Å². The van der Waals surface area contributed by atoms with Crippen LogP contribution in [0, 0.1) is 6.92 Å². The lowest BCUT2D eigenvalue weighted by Crippen LogP contribution is -2.37. The first-order valence-electron chi connectivity index (χ1n) is 6.60. The molecular weight excluding hydrogens is 306 g/mol. The Morgan fingerprint density at radius 1 is 1.52 bits per heavy atom. The van der Waals surface area contributed by atoms with Crippen LogP contribution in [0.5, 0.6) is 0 Å². The summed E-state index contributed by atoms with van der Waals surface area (Å²) in [6.45, 7) is 3.20. The largest absolute Gasteiger partial charge is 0.348 e. The van der Waals surface area contributed by atoms with E-state index in [0.29, 0.717) is 13.1 Å². The lowest BCUT2D eigenvalue weighted by Gasteiger charge is -2.16. The van der Waals surface area contributed by atoms with Crippen molar-refractivity contribution < 1.29 is 4.79 Å². The zero-order valence-corrected chi connectivity index (χ0v) is 13.8. The van der Waals surface area contributed by atoms with Crippen LogP contribution in [0.2, 0.25) is 0 Å². The Morgan fingerprint density at radius 3 is 3.05 bits per heavy atom. The van der Waals surface area contributed by atoms with Gasteiger partial charge in [-0.3, -0.25) is 0 Å². The number of hydrogen-bond donors (Lipinski definition) is 2. The number of rotatable bonds is 7. The topological polar surface area (TPSA) is 73.9 Å². The number of thioether (sulfide) groups is 1. The van der Waals surface area contributed by atoms with E-state index in [1.165, 1.54) is 0 Å². The second-order valence-electron chi connectivity index (χ2n) is 4.54. The summed E-state index contributed by atoms with van der Waals surface area (Å²) in [5.41, 5.74) is 2.18. The number of thiazole rings is 1. The molecule has 2 aromatic heterocycles. The quantitative estimate of drug-likeness (QED) is 0.766. The molecule has 2 rings (SSSR count). The van der Waals surface area contributed by atoms with E-state index in [1.54, 1.807) is 47.6 Å². The van der Waals surface area contributed by atoms with E-state index < -0.39 is 0 Å². The van der Waals surface area contributed by atoms with E-state index in [9.17, 15) is 4.79 Å². The minimum Gasteiger partial charge on any atom is -0.348 e. The monoisotopic (exact) mass is 325 g/mol. The van der Waals surface area contributed by atoms with Gasteiger partial charge in [0.2, 0.25) is 0 Å². The summed E-state index contributed by atoms with van der Waals surface area (Å²) in [6, 6.07) is -0.0678. The lowest BCUT2D eigenvalue weighted by molar-refractivity contribution is 0.207. The van der Waals surface area contributed by atoms with Gasteiger partial charge in [-0.15, -0.1) is 11.3 Å². The second kappa shape index (κ2) is 8.04. The predicted molar refractivity (Wildman–Crippen MR) is 86.5 cm³/mol. The second-order valence-corrected chi connectivity index (χ2v) is 6.62. The van der Waals surface area contributed by atoms with Crippen LogP contribution in [-0.4, -0.2) is 45.2 Å². The summed E-state index contributed by atoms with van der Waals surface area (Å²) in [6.07, 6.45) is 3.46. The zero-order valence-electron chi connectivity index (χ0n) is 12.1. The van der Waals surface area contributed by atoms with Crippen LogP contribution in [-0.2, 0) is 12.3 Å². The number of carbonyl (C=O) groups is 1. The SMILES string of the molecule is Cc1[nH]cnc1CSCCNC(=O)N(C)Cc1nccs1. The molecule has 21 heavy (non-hydrogen) atoms. The molecule has 114 valence electrons. The predicted octanol–water partition coefficient (Wildman–Crippen LogP) is 2.25. The van der Waals surface area contributed by atoms with Crippen molar-refractivity contribution in [1.29, 1.82) is 0 Å². The highest BCUT2D eigenvalue weighted by atomic mass is 32.2. The summed E-state index contributed by atoms with van der Waals surface area (Å²) in [4.78, 5) is 25.0. The lowest BCUT2D eigenvalue weighted by atomic mass is 10.4. The molecule has 0 radical (unpaired) electrons. The first-order valence-corrected chi connectivity index (χ1v) is 8.64. The molecule has 0 spiro atoms. The average Bonchev–Trinajstić information content (AvgIpc) is 3.10. The highest BCUT2D eigenvalue weighted by molar-refractivity contribution is 7.98. The van der Waals surface area contributed by atoms with Crippen LogP contribution in [0.25, 0.3) is 0 Å².